The van der Waals surface area contributed by atoms with E-state index >= 15 is 0 Å². The lowest BCUT2D eigenvalue weighted by Crippen LogP contribution is -2.52. The number of nitrogens with zero attached hydrogens (tertiary/aromatic N) is 2. The Morgan fingerprint density at radius 3 is 2.25 bits per heavy atom. The van der Waals surface area contributed by atoms with Gasteiger partial charge in [0.2, 0.25) is 5.91 Å². The predicted octanol–water partition coefficient (Wildman–Crippen LogP) is 0.668. The number of hydrogen-bond acceptors (Lipinski definition) is 3. The summed E-state index contributed by atoms with van der Waals surface area (Å²) in [5, 5.41) is 0. The number of nitrogens with two attached hydrogens (primary N) is 1. The Balaban J connectivity index is 2.35. The molecule has 0 saturated heterocycles. The minimum Gasteiger partial charge on any atom is -0.344 e. The maximum atomic E-state index is 12.1. The zero-order valence-corrected chi connectivity index (χ0v) is 10.8. The molecule has 0 unspecified atom stereocenters. The van der Waals surface area contributed by atoms with Crippen LogP contribution in [-0.2, 0) is 4.79 Å². The molecular formula is C12H25N3O. The average molecular weight is 227 g/mol. The molecule has 0 aliphatic heterocycles. The third-order valence-electron chi connectivity index (χ3n) is 3.37. The van der Waals surface area contributed by atoms with Crippen molar-refractivity contribution >= 4 is 5.91 Å². The molecule has 0 heterocycles. The van der Waals surface area contributed by atoms with Gasteiger partial charge in [0, 0.05) is 13.6 Å². The van der Waals surface area contributed by atoms with E-state index in [1.807, 2.05) is 21.1 Å². The average Bonchev–Trinajstić information content (AvgIpc) is 2.64. The number of carbonyl (C=O) groups excluding carboxylic acids is 1. The molecule has 0 radical (unpaired) electrons. The van der Waals surface area contributed by atoms with Crippen molar-refractivity contribution in [3.63, 3.8) is 0 Å². The fourth-order valence-electron chi connectivity index (χ4n) is 2.33. The summed E-state index contributed by atoms with van der Waals surface area (Å²) in [7, 11) is 5.96. The van der Waals surface area contributed by atoms with Gasteiger partial charge in [0.25, 0.3) is 0 Å². The number of amides is 1. The molecule has 1 fully saturated rings. The zero-order chi connectivity index (χ0) is 12.2. The molecule has 0 spiro atoms. The maximum Gasteiger partial charge on any atom is 0.242 e. The largest absolute Gasteiger partial charge is 0.344 e. The summed E-state index contributed by atoms with van der Waals surface area (Å²) in [6.45, 7) is 1.81. The van der Waals surface area contributed by atoms with E-state index in [0.29, 0.717) is 0 Å². The molecule has 0 bridgehead atoms. The third kappa shape index (κ3) is 3.46. The summed E-state index contributed by atoms with van der Waals surface area (Å²) in [6, 6.07) is 0. The first-order chi connectivity index (χ1) is 7.46. The first kappa shape index (κ1) is 13.5. The Morgan fingerprint density at radius 1 is 1.19 bits per heavy atom. The van der Waals surface area contributed by atoms with Crippen LogP contribution < -0.4 is 5.73 Å². The molecule has 0 aromatic rings. The van der Waals surface area contributed by atoms with Gasteiger partial charge in [-0.2, -0.15) is 0 Å². The Morgan fingerprint density at radius 2 is 1.75 bits per heavy atom. The lowest BCUT2D eigenvalue weighted by Gasteiger charge is -2.29. The summed E-state index contributed by atoms with van der Waals surface area (Å²) in [5.74, 6) is 0.128. The van der Waals surface area contributed by atoms with Crippen LogP contribution in [0.25, 0.3) is 0 Å². The summed E-state index contributed by atoms with van der Waals surface area (Å²) in [6.07, 6.45) is 4.89. The van der Waals surface area contributed by atoms with Gasteiger partial charge in [0.05, 0.1) is 5.54 Å². The second kappa shape index (κ2) is 5.64. The fraction of sp³-hybridized carbons (Fsp3) is 0.917. The van der Waals surface area contributed by atoms with Crippen molar-refractivity contribution in [2.75, 3.05) is 34.2 Å². The van der Waals surface area contributed by atoms with Gasteiger partial charge in [-0.3, -0.25) is 4.79 Å². The number of carbonyl (C=O) groups is 1. The molecule has 94 valence electrons. The summed E-state index contributed by atoms with van der Waals surface area (Å²) in [4.78, 5) is 16.1. The second-order valence-corrected chi connectivity index (χ2v) is 5.25. The first-order valence-corrected chi connectivity index (χ1v) is 6.15. The van der Waals surface area contributed by atoms with Crippen LogP contribution in [0.1, 0.15) is 32.1 Å². The van der Waals surface area contributed by atoms with Crippen molar-refractivity contribution in [3.8, 4) is 0 Å². The summed E-state index contributed by atoms with van der Waals surface area (Å²) < 4.78 is 0. The Labute approximate surface area is 98.8 Å². The van der Waals surface area contributed by atoms with Crippen LogP contribution in [0.3, 0.4) is 0 Å². The third-order valence-corrected chi connectivity index (χ3v) is 3.37. The minimum absolute atomic E-state index is 0.128. The molecule has 1 aliphatic rings. The molecule has 16 heavy (non-hydrogen) atoms. The van der Waals surface area contributed by atoms with E-state index < -0.39 is 5.54 Å². The normalized spacial score (nSPS) is 19.1. The van der Waals surface area contributed by atoms with Crippen molar-refractivity contribution in [1.82, 2.24) is 9.80 Å². The van der Waals surface area contributed by atoms with Crippen molar-refractivity contribution in [2.24, 2.45) is 5.73 Å². The fourth-order valence-corrected chi connectivity index (χ4v) is 2.33. The van der Waals surface area contributed by atoms with Crippen LogP contribution in [0, 0.1) is 0 Å². The maximum absolute atomic E-state index is 12.1. The lowest BCUT2D eigenvalue weighted by atomic mass is 9.97. The summed E-state index contributed by atoms with van der Waals surface area (Å²) >= 11 is 0. The van der Waals surface area contributed by atoms with Crippen molar-refractivity contribution in [2.45, 2.75) is 37.6 Å². The number of hydrogen-bond donors (Lipinski definition) is 1. The van der Waals surface area contributed by atoms with Crippen molar-refractivity contribution in [3.05, 3.63) is 0 Å². The molecule has 4 nitrogen and oxygen atoms in total. The van der Waals surface area contributed by atoms with Gasteiger partial charge in [0.15, 0.2) is 0 Å². The van der Waals surface area contributed by atoms with Gasteiger partial charge >= 0.3 is 0 Å². The van der Waals surface area contributed by atoms with Gasteiger partial charge < -0.3 is 15.5 Å². The van der Waals surface area contributed by atoms with Gasteiger partial charge in [-0.15, -0.1) is 0 Å². The molecule has 1 aliphatic carbocycles. The lowest BCUT2D eigenvalue weighted by molar-refractivity contribution is -0.135. The molecule has 0 aromatic heterocycles. The van der Waals surface area contributed by atoms with Crippen LogP contribution in [0.5, 0.6) is 0 Å². The SMILES string of the molecule is CN(C)CCCN(C)C(=O)C1(N)CCCC1. The summed E-state index contributed by atoms with van der Waals surface area (Å²) in [5.41, 5.74) is 5.57. The van der Waals surface area contributed by atoms with E-state index in [0.717, 1.165) is 45.2 Å². The van der Waals surface area contributed by atoms with Gasteiger partial charge in [0.1, 0.15) is 0 Å². The van der Waals surface area contributed by atoms with E-state index in [1.54, 1.807) is 4.90 Å². The molecule has 2 N–H and O–H groups in total. The van der Waals surface area contributed by atoms with Gasteiger partial charge in [-0.1, -0.05) is 12.8 Å². The van der Waals surface area contributed by atoms with E-state index in [9.17, 15) is 4.79 Å². The van der Waals surface area contributed by atoms with E-state index in [-0.39, 0.29) is 5.91 Å². The molecule has 0 atom stereocenters. The van der Waals surface area contributed by atoms with Gasteiger partial charge in [-0.25, -0.2) is 0 Å². The highest BCUT2D eigenvalue weighted by Gasteiger charge is 2.38. The monoisotopic (exact) mass is 227 g/mol. The molecule has 0 aromatic carbocycles. The van der Waals surface area contributed by atoms with E-state index in [4.69, 9.17) is 5.73 Å². The Hall–Kier alpha value is -0.610. The van der Waals surface area contributed by atoms with Crippen LogP contribution in [0.2, 0.25) is 0 Å². The van der Waals surface area contributed by atoms with Gasteiger partial charge in [-0.05, 0) is 39.9 Å². The molecule has 1 rings (SSSR count). The smallest absolute Gasteiger partial charge is 0.242 e. The quantitative estimate of drug-likeness (QED) is 0.751. The topological polar surface area (TPSA) is 49.6 Å². The van der Waals surface area contributed by atoms with Crippen LogP contribution in [0.4, 0.5) is 0 Å². The molecule has 1 saturated carbocycles. The number of rotatable bonds is 5. The molecule has 4 heteroatoms. The second-order valence-electron chi connectivity index (χ2n) is 5.25. The molecular weight excluding hydrogens is 202 g/mol. The standard InChI is InChI=1S/C12H25N3O/c1-14(2)9-6-10-15(3)11(16)12(13)7-4-5-8-12/h4-10,13H2,1-3H3. The highest BCUT2D eigenvalue weighted by atomic mass is 16.2. The minimum atomic E-state index is -0.563. The predicted molar refractivity (Wildman–Crippen MR) is 66.2 cm³/mol. The van der Waals surface area contributed by atoms with E-state index in [1.165, 1.54) is 0 Å². The van der Waals surface area contributed by atoms with Crippen molar-refractivity contribution in [1.29, 1.82) is 0 Å². The highest BCUT2D eigenvalue weighted by molar-refractivity contribution is 5.86. The Kier molecular flexibility index (Phi) is 4.74. The molecule has 1 amide bonds. The van der Waals surface area contributed by atoms with Crippen LogP contribution >= 0.6 is 0 Å². The number of likely N-dealkylation sites (N-methyl/N-ethyl adjacent to an activating group) is 1. The van der Waals surface area contributed by atoms with Crippen LogP contribution in [-0.4, -0.2) is 55.5 Å². The zero-order valence-electron chi connectivity index (χ0n) is 10.8. The first-order valence-electron chi connectivity index (χ1n) is 6.15. The highest BCUT2D eigenvalue weighted by Crippen LogP contribution is 2.28. The van der Waals surface area contributed by atoms with Crippen LogP contribution in [0.15, 0.2) is 0 Å². The van der Waals surface area contributed by atoms with Crippen molar-refractivity contribution < 1.29 is 4.79 Å². The van der Waals surface area contributed by atoms with E-state index in [2.05, 4.69) is 4.90 Å². The Bertz CT molecular complexity index is 234.